The number of amides is 1. The van der Waals surface area contributed by atoms with Crippen LogP contribution in [0.4, 0.5) is 0 Å². The third-order valence-corrected chi connectivity index (χ3v) is 3.94. The molecule has 0 aliphatic carbocycles. The molecule has 1 fully saturated rings. The van der Waals surface area contributed by atoms with E-state index in [4.69, 9.17) is 0 Å². The molecular formula is C16H20N4O. The summed E-state index contributed by atoms with van der Waals surface area (Å²) in [6.07, 6.45) is 1.77. The first-order valence-corrected chi connectivity index (χ1v) is 7.29. The van der Waals surface area contributed by atoms with Crippen LogP contribution in [0.25, 0.3) is 5.82 Å². The number of aromatic nitrogens is 2. The molecule has 0 saturated carbocycles. The van der Waals surface area contributed by atoms with Gasteiger partial charge in [0.15, 0.2) is 0 Å². The van der Waals surface area contributed by atoms with Gasteiger partial charge in [0.2, 0.25) is 0 Å². The molecule has 3 rings (SSSR count). The first-order chi connectivity index (χ1) is 10.2. The Morgan fingerprint density at radius 2 is 2.00 bits per heavy atom. The highest BCUT2D eigenvalue weighted by molar-refractivity contribution is 5.96. The number of hydrogen-bond acceptors (Lipinski definition) is 3. The molecule has 0 radical (unpaired) electrons. The minimum Gasteiger partial charge on any atom is -0.336 e. The van der Waals surface area contributed by atoms with E-state index >= 15 is 0 Å². The Bertz CT molecular complexity index is 642. The monoisotopic (exact) mass is 284 g/mol. The van der Waals surface area contributed by atoms with Crippen LogP contribution < -0.4 is 5.32 Å². The molecule has 1 aliphatic heterocycles. The smallest absolute Gasteiger partial charge is 0.255 e. The number of nitrogens with zero attached hydrogens (tertiary/aromatic N) is 3. The van der Waals surface area contributed by atoms with Gasteiger partial charge in [-0.25, -0.2) is 4.98 Å². The summed E-state index contributed by atoms with van der Waals surface area (Å²) in [5.41, 5.74) is 2.76. The number of nitrogens with one attached hydrogen (secondary N) is 1. The van der Waals surface area contributed by atoms with Crippen LogP contribution in [0.2, 0.25) is 0 Å². The molecule has 21 heavy (non-hydrogen) atoms. The van der Waals surface area contributed by atoms with Crippen LogP contribution in [0.5, 0.6) is 0 Å². The molecule has 0 aromatic carbocycles. The fourth-order valence-corrected chi connectivity index (χ4v) is 2.86. The van der Waals surface area contributed by atoms with Gasteiger partial charge < -0.3 is 14.8 Å². The Hall–Kier alpha value is -2.14. The SMILES string of the molecule is Cc1cc(C(=O)N2CCNCC2)c(C)n1-c1ccccn1. The fraction of sp³-hybridized carbons (Fsp3) is 0.375. The van der Waals surface area contributed by atoms with E-state index in [0.717, 1.165) is 48.9 Å². The molecule has 0 bridgehead atoms. The van der Waals surface area contributed by atoms with Gasteiger partial charge in [0, 0.05) is 43.8 Å². The maximum absolute atomic E-state index is 12.7. The molecule has 110 valence electrons. The molecule has 1 aliphatic rings. The normalized spacial score (nSPS) is 15.2. The second-order valence-electron chi connectivity index (χ2n) is 5.35. The van der Waals surface area contributed by atoms with E-state index < -0.39 is 0 Å². The molecule has 1 saturated heterocycles. The van der Waals surface area contributed by atoms with Crippen LogP contribution in [-0.2, 0) is 0 Å². The highest BCUT2D eigenvalue weighted by Gasteiger charge is 2.23. The summed E-state index contributed by atoms with van der Waals surface area (Å²) in [6.45, 7) is 7.26. The molecular weight excluding hydrogens is 264 g/mol. The zero-order chi connectivity index (χ0) is 14.8. The summed E-state index contributed by atoms with van der Waals surface area (Å²) in [7, 11) is 0. The third-order valence-electron chi connectivity index (χ3n) is 3.94. The standard InChI is InChI=1S/C16H20N4O/c1-12-11-14(16(21)19-9-7-17-8-10-19)13(2)20(12)15-5-3-4-6-18-15/h3-6,11,17H,7-10H2,1-2H3. The molecule has 0 atom stereocenters. The van der Waals surface area contributed by atoms with E-state index in [0.29, 0.717) is 0 Å². The summed E-state index contributed by atoms with van der Waals surface area (Å²) < 4.78 is 2.04. The summed E-state index contributed by atoms with van der Waals surface area (Å²) in [6, 6.07) is 7.77. The predicted molar refractivity (Wildman–Crippen MR) is 81.8 cm³/mol. The van der Waals surface area contributed by atoms with E-state index in [9.17, 15) is 4.79 Å². The fourth-order valence-electron chi connectivity index (χ4n) is 2.86. The number of piperazine rings is 1. The van der Waals surface area contributed by atoms with Gasteiger partial charge in [0.25, 0.3) is 5.91 Å². The maximum Gasteiger partial charge on any atom is 0.255 e. The molecule has 5 heteroatoms. The number of aryl methyl sites for hydroxylation is 1. The highest BCUT2D eigenvalue weighted by atomic mass is 16.2. The summed E-state index contributed by atoms with van der Waals surface area (Å²) in [4.78, 5) is 19.0. The zero-order valence-electron chi connectivity index (χ0n) is 12.5. The van der Waals surface area contributed by atoms with Crippen molar-refractivity contribution in [2.24, 2.45) is 0 Å². The van der Waals surface area contributed by atoms with Gasteiger partial charge in [0.05, 0.1) is 5.56 Å². The van der Waals surface area contributed by atoms with Gasteiger partial charge in [-0.15, -0.1) is 0 Å². The first kappa shape index (κ1) is 13.8. The van der Waals surface area contributed by atoms with E-state index in [2.05, 4.69) is 10.3 Å². The van der Waals surface area contributed by atoms with Crippen molar-refractivity contribution >= 4 is 5.91 Å². The van der Waals surface area contributed by atoms with Crippen LogP contribution in [0, 0.1) is 13.8 Å². The number of carbonyl (C=O) groups excluding carboxylic acids is 1. The van der Waals surface area contributed by atoms with Crippen LogP contribution >= 0.6 is 0 Å². The first-order valence-electron chi connectivity index (χ1n) is 7.29. The summed E-state index contributed by atoms with van der Waals surface area (Å²) in [5.74, 6) is 0.971. The van der Waals surface area contributed by atoms with Crippen molar-refractivity contribution < 1.29 is 4.79 Å². The second kappa shape index (κ2) is 5.69. The van der Waals surface area contributed by atoms with Crippen molar-refractivity contribution in [2.75, 3.05) is 26.2 Å². The van der Waals surface area contributed by atoms with Crippen LogP contribution in [0.1, 0.15) is 21.7 Å². The minimum atomic E-state index is 0.117. The van der Waals surface area contributed by atoms with Crippen molar-refractivity contribution in [2.45, 2.75) is 13.8 Å². The average Bonchev–Trinajstić information content (AvgIpc) is 2.83. The van der Waals surface area contributed by atoms with E-state index in [-0.39, 0.29) is 5.91 Å². The topological polar surface area (TPSA) is 50.2 Å². The molecule has 2 aromatic heterocycles. The predicted octanol–water partition coefficient (Wildman–Crippen LogP) is 1.53. The summed E-state index contributed by atoms with van der Waals surface area (Å²) >= 11 is 0. The van der Waals surface area contributed by atoms with E-state index in [1.54, 1.807) is 6.20 Å². The van der Waals surface area contributed by atoms with Gasteiger partial charge in [-0.2, -0.15) is 0 Å². The zero-order valence-corrected chi connectivity index (χ0v) is 12.5. The van der Waals surface area contributed by atoms with Gasteiger partial charge >= 0.3 is 0 Å². The van der Waals surface area contributed by atoms with Gasteiger partial charge in [0.1, 0.15) is 5.82 Å². The summed E-state index contributed by atoms with van der Waals surface area (Å²) in [5, 5.41) is 3.27. The maximum atomic E-state index is 12.7. The Kier molecular flexibility index (Phi) is 3.75. The Labute approximate surface area is 124 Å². The van der Waals surface area contributed by atoms with Gasteiger partial charge in [-0.05, 0) is 32.0 Å². The van der Waals surface area contributed by atoms with Crippen molar-refractivity contribution in [1.82, 2.24) is 19.8 Å². The van der Waals surface area contributed by atoms with Crippen molar-refractivity contribution in [3.05, 3.63) is 47.4 Å². The van der Waals surface area contributed by atoms with Crippen molar-refractivity contribution in [1.29, 1.82) is 0 Å². The van der Waals surface area contributed by atoms with Crippen molar-refractivity contribution in [3.63, 3.8) is 0 Å². The number of hydrogen-bond donors (Lipinski definition) is 1. The number of rotatable bonds is 2. The average molecular weight is 284 g/mol. The quantitative estimate of drug-likeness (QED) is 0.910. The highest BCUT2D eigenvalue weighted by Crippen LogP contribution is 2.21. The molecule has 3 heterocycles. The van der Waals surface area contributed by atoms with Gasteiger partial charge in [-0.3, -0.25) is 4.79 Å². The lowest BCUT2D eigenvalue weighted by Gasteiger charge is -2.27. The Morgan fingerprint density at radius 1 is 1.24 bits per heavy atom. The van der Waals surface area contributed by atoms with Crippen molar-refractivity contribution in [3.8, 4) is 5.82 Å². The second-order valence-corrected chi connectivity index (χ2v) is 5.35. The molecule has 0 spiro atoms. The number of pyridine rings is 1. The number of carbonyl (C=O) groups is 1. The van der Waals surface area contributed by atoms with Crippen LogP contribution in [-0.4, -0.2) is 46.5 Å². The lowest BCUT2D eigenvalue weighted by molar-refractivity contribution is 0.0735. The minimum absolute atomic E-state index is 0.117. The molecule has 0 unspecified atom stereocenters. The largest absolute Gasteiger partial charge is 0.336 e. The molecule has 2 aromatic rings. The van der Waals surface area contributed by atoms with Gasteiger partial charge in [-0.1, -0.05) is 6.07 Å². The molecule has 1 N–H and O–H groups in total. The lowest BCUT2D eigenvalue weighted by atomic mass is 10.2. The molecule has 1 amide bonds. The Morgan fingerprint density at radius 3 is 2.67 bits per heavy atom. The lowest BCUT2D eigenvalue weighted by Crippen LogP contribution is -2.46. The Balaban J connectivity index is 1.96. The van der Waals surface area contributed by atoms with E-state index in [1.165, 1.54) is 0 Å². The van der Waals surface area contributed by atoms with Crippen LogP contribution in [0.3, 0.4) is 0 Å². The third kappa shape index (κ3) is 2.56. The van der Waals surface area contributed by atoms with E-state index in [1.807, 2.05) is 47.6 Å². The van der Waals surface area contributed by atoms with Crippen LogP contribution in [0.15, 0.2) is 30.5 Å². The molecule has 5 nitrogen and oxygen atoms in total.